The summed E-state index contributed by atoms with van der Waals surface area (Å²) in [6.07, 6.45) is -0.118. The van der Waals surface area contributed by atoms with Crippen LogP contribution in [0.2, 0.25) is 0 Å². The van der Waals surface area contributed by atoms with E-state index in [0.717, 1.165) is 6.08 Å². The lowest BCUT2D eigenvalue weighted by molar-refractivity contribution is -0.441. The van der Waals surface area contributed by atoms with E-state index in [0.29, 0.717) is 0 Å². The molecular formula is C7H14O10P2. The largest absolute Gasteiger partial charge is 0.481 e. The monoisotopic (exact) mass is 320 g/mol. The van der Waals surface area contributed by atoms with E-state index >= 15 is 0 Å². The fourth-order valence-corrected chi connectivity index (χ4v) is 2.55. The van der Waals surface area contributed by atoms with E-state index in [4.69, 9.17) is 15.3 Å². The Morgan fingerprint density at radius 2 is 2.11 bits per heavy atom. The molecule has 3 atom stereocenters. The Morgan fingerprint density at radius 3 is 2.47 bits per heavy atom. The van der Waals surface area contributed by atoms with Crippen molar-refractivity contribution in [2.45, 2.75) is 18.4 Å². The number of carboxylic acids is 1. The van der Waals surface area contributed by atoms with E-state index in [-0.39, 0.29) is 6.42 Å². The van der Waals surface area contributed by atoms with Gasteiger partial charge in [-0.25, -0.2) is 9.82 Å². The summed E-state index contributed by atoms with van der Waals surface area (Å²) < 4.78 is 30.3. The normalized spacial score (nSPS) is 19.1. The van der Waals surface area contributed by atoms with Crippen molar-refractivity contribution in [1.29, 1.82) is 0 Å². The average molecular weight is 320 g/mol. The zero-order valence-corrected chi connectivity index (χ0v) is 11.5. The molecule has 0 aliphatic heterocycles. The summed E-state index contributed by atoms with van der Waals surface area (Å²) in [4.78, 5) is 19.2. The Balaban J connectivity index is 4.55. The van der Waals surface area contributed by atoms with Crippen LogP contribution in [0.25, 0.3) is 0 Å². The van der Waals surface area contributed by atoms with Gasteiger partial charge in [-0.3, -0.25) is 9.36 Å². The number of carboxylic acid groups (broad SMARTS) is 1. The SMILES string of the molecule is C=CC(O)(CCOP(=O)(OOO)[PH](=O)O)CC(=O)O. The number of aliphatic carboxylic acids is 1. The lowest BCUT2D eigenvalue weighted by Gasteiger charge is -2.22. The molecule has 0 saturated heterocycles. The minimum atomic E-state index is -4.59. The van der Waals surface area contributed by atoms with Gasteiger partial charge in [-0.2, -0.15) is 0 Å². The molecule has 0 spiro atoms. The van der Waals surface area contributed by atoms with Crippen molar-refractivity contribution >= 4 is 21.0 Å². The topological polar surface area (TPSA) is 160 Å². The van der Waals surface area contributed by atoms with Crippen LogP contribution >= 0.6 is 15.0 Å². The molecule has 0 saturated carbocycles. The lowest BCUT2D eigenvalue weighted by Crippen LogP contribution is -2.30. The summed E-state index contributed by atoms with van der Waals surface area (Å²) in [6.45, 7) is 2.64. The molecule has 0 aliphatic rings. The first kappa shape index (κ1) is 18.4. The van der Waals surface area contributed by atoms with Crippen molar-refractivity contribution in [3.63, 3.8) is 0 Å². The van der Waals surface area contributed by atoms with Crippen molar-refractivity contribution in [3.8, 4) is 0 Å². The van der Waals surface area contributed by atoms with Gasteiger partial charge >= 0.3 is 21.0 Å². The molecule has 0 bridgehead atoms. The second-order valence-corrected chi connectivity index (χ2v) is 8.15. The third kappa shape index (κ3) is 6.42. The average Bonchev–Trinajstić information content (AvgIpc) is 2.28. The number of hydrogen-bond acceptors (Lipinski definition) is 8. The maximum atomic E-state index is 11.4. The summed E-state index contributed by atoms with van der Waals surface area (Å²) in [5, 5.41) is 29.2. The van der Waals surface area contributed by atoms with Gasteiger partial charge in [0.15, 0.2) is 0 Å². The molecule has 0 aliphatic carbocycles. The van der Waals surface area contributed by atoms with Crippen molar-refractivity contribution in [2.24, 2.45) is 0 Å². The first-order valence-corrected chi connectivity index (χ1v) is 8.49. The quantitative estimate of drug-likeness (QED) is 0.196. The molecule has 0 rings (SSSR count). The zero-order chi connectivity index (χ0) is 15.1. The first-order valence-electron chi connectivity index (χ1n) is 4.75. The molecular weight excluding hydrogens is 306 g/mol. The van der Waals surface area contributed by atoms with Gasteiger partial charge in [0.25, 0.3) is 0 Å². The van der Waals surface area contributed by atoms with Crippen LogP contribution in [0.4, 0.5) is 0 Å². The highest BCUT2D eigenvalue weighted by atomic mass is 32.1. The van der Waals surface area contributed by atoms with Crippen molar-refractivity contribution < 1.29 is 48.5 Å². The molecule has 12 heteroatoms. The molecule has 19 heavy (non-hydrogen) atoms. The Morgan fingerprint density at radius 1 is 1.53 bits per heavy atom. The van der Waals surface area contributed by atoms with Crippen LogP contribution < -0.4 is 0 Å². The third-order valence-corrected chi connectivity index (χ3v) is 5.27. The Labute approximate surface area is 108 Å². The number of rotatable bonds is 10. The van der Waals surface area contributed by atoms with E-state index in [1.807, 2.05) is 0 Å². The van der Waals surface area contributed by atoms with Gasteiger partial charge in [0, 0.05) is 6.42 Å². The summed E-state index contributed by atoms with van der Waals surface area (Å²) in [6, 6.07) is 0. The summed E-state index contributed by atoms with van der Waals surface area (Å²) in [5.74, 6) is -1.31. The van der Waals surface area contributed by atoms with Crippen LogP contribution in [0.5, 0.6) is 0 Å². The van der Waals surface area contributed by atoms with E-state index in [2.05, 4.69) is 20.8 Å². The molecule has 0 amide bonds. The van der Waals surface area contributed by atoms with Gasteiger partial charge in [-0.1, -0.05) is 11.1 Å². The van der Waals surface area contributed by atoms with Gasteiger partial charge in [0.05, 0.1) is 18.6 Å². The molecule has 4 N–H and O–H groups in total. The number of aliphatic hydroxyl groups is 1. The van der Waals surface area contributed by atoms with Crippen LogP contribution in [0, 0.1) is 0 Å². The highest BCUT2D eigenvalue weighted by Gasteiger charge is 2.35. The summed E-state index contributed by atoms with van der Waals surface area (Å²) in [7, 11) is -8.41. The Hall–Kier alpha value is -0.570. The molecule has 0 aromatic carbocycles. The van der Waals surface area contributed by atoms with E-state index < -0.39 is 39.6 Å². The first-order chi connectivity index (χ1) is 8.69. The molecule has 0 fully saturated rings. The number of hydrogen-bond donors (Lipinski definition) is 4. The Bertz CT molecular complexity index is 395. The molecule has 0 radical (unpaired) electrons. The van der Waals surface area contributed by atoms with Gasteiger partial charge in [-0.15, -0.1) is 11.3 Å². The third-order valence-electron chi connectivity index (χ3n) is 2.00. The molecule has 10 nitrogen and oxygen atoms in total. The summed E-state index contributed by atoms with van der Waals surface area (Å²) in [5.41, 5.74) is -1.85. The zero-order valence-electron chi connectivity index (χ0n) is 9.59. The van der Waals surface area contributed by atoms with Crippen LogP contribution in [0.1, 0.15) is 12.8 Å². The highest BCUT2D eigenvalue weighted by molar-refractivity contribution is 8.20. The second kappa shape index (κ2) is 7.88. The van der Waals surface area contributed by atoms with Crippen LogP contribution in [-0.2, 0) is 28.2 Å². The lowest BCUT2D eigenvalue weighted by atomic mass is 9.96. The van der Waals surface area contributed by atoms with E-state index in [1.165, 1.54) is 0 Å². The van der Waals surface area contributed by atoms with Crippen molar-refractivity contribution in [3.05, 3.63) is 12.7 Å². The number of carbonyl (C=O) groups is 1. The van der Waals surface area contributed by atoms with Crippen molar-refractivity contribution in [2.75, 3.05) is 6.61 Å². The maximum absolute atomic E-state index is 11.4. The molecule has 0 heterocycles. The van der Waals surface area contributed by atoms with Gasteiger partial charge in [-0.05, 0) is 0 Å². The molecule has 3 unspecified atom stereocenters. The van der Waals surface area contributed by atoms with Crippen LogP contribution in [0.3, 0.4) is 0 Å². The molecule has 0 aromatic heterocycles. The second-order valence-electron chi connectivity index (χ2n) is 3.39. The predicted octanol–water partition coefficient (Wildman–Crippen LogP) is 0.781. The molecule has 112 valence electrons. The van der Waals surface area contributed by atoms with Gasteiger partial charge in [0.2, 0.25) is 0 Å². The van der Waals surface area contributed by atoms with Crippen LogP contribution in [0.15, 0.2) is 12.7 Å². The van der Waals surface area contributed by atoms with Crippen LogP contribution in [-0.4, -0.2) is 38.5 Å². The molecule has 0 aromatic rings. The maximum Gasteiger partial charge on any atom is 0.438 e. The highest BCUT2D eigenvalue weighted by Crippen LogP contribution is 2.68. The van der Waals surface area contributed by atoms with Gasteiger partial charge in [0.1, 0.15) is 0 Å². The smallest absolute Gasteiger partial charge is 0.438 e. The van der Waals surface area contributed by atoms with Crippen molar-refractivity contribution in [1.82, 2.24) is 0 Å². The standard InChI is InChI=1S/C7H14O10P2/c1-2-7(10,5-6(8)9)3-4-15-19(14,17-16-11)18(12)13/h2,10-11,18H,1,3-5H2,(H,8,9)(H,12,13). The van der Waals surface area contributed by atoms with Gasteiger partial charge < -0.3 is 19.6 Å². The fraction of sp³-hybridized carbons (Fsp3) is 0.571. The summed E-state index contributed by atoms with van der Waals surface area (Å²) >= 11 is 0. The Kier molecular flexibility index (Phi) is 7.65. The van der Waals surface area contributed by atoms with E-state index in [1.54, 1.807) is 0 Å². The fourth-order valence-electron chi connectivity index (χ4n) is 1.02. The minimum Gasteiger partial charge on any atom is -0.481 e. The van der Waals surface area contributed by atoms with E-state index in [9.17, 15) is 19.0 Å². The predicted molar refractivity (Wildman–Crippen MR) is 61.6 cm³/mol. The minimum absolute atomic E-state index is 0.378.